The Kier molecular flexibility index (Phi) is 7.37. The summed E-state index contributed by atoms with van der Waals surface area (Å²) in [6.07, 6.45) is 0. The Morgan fingerprint density at radius 3 is 2.27 bits per heavy atom. The van der Waals surface area contributed by atoms with E-state index in [9.17, 15) is 4.39 Å². The van der Waals surface area contributed by atoms with Crippen LogP contribution in [0.15, 0.2) is 18.2 Å². The van der Waals surface area contributed by atoms with Crippen LogP contribution < -0.4 is 17.0 Å². The van der Waals surface area contributed by atoms with Gasteiger partial charge < -0.3 is 17.0 Å². The van der Waals surface area contributed by atoms with Gasteiger partial charge in [-0.3, -0.25) is 4.39 Å². The Bertz CT molecular complexity index is 205. The molecule has 0 heterocycles. The first-order valence-corrected chi connectivity index (χ1v) is 2.79. The van der Waals surface area contributed by atoms with E-state index in [4.69, 9.17) is 0 Å². The molecule has 11 heavy (non-hydrogen) atoms. The predicted molar refractivity (Wildman–Crippen MR) is 41.4 cm³/mol. The SMILES string of the molecule is [Br-].[CH2-]c1cccc(C)c1F.[Mg+2]. The average molecular weight is 227 g/mol. The zero-order valence-corrected chi connectivity index (χ0v) is 9.40. The minimum Gasteiger partial charge on any atom is -1.00 e. The van der Waals surface area contributed by atoms with Crippen LogP contribution in [-0.2, 0) is 0 Å². The Hall–Kier alpha value is 0.266. The van der Waals surface area contributed by atoms with Gasteiger partial charge in [-0.25, -0.2) is 0 Å². The third kappa shape index (κ3) is 3.45. The van der Waals surface area contributed by atoms with Gasteiger partial charge in [0.25, 0.3) is 0 Å². The summed E-state index contributed by atoms with van der Waals surface area (Å²) in [5.74, 6) is -0.197. The first kappa shape index (κ1) is 13.8. The molecule has 3 heteroatoms. The normalized spacial score (nSPS) is 7.82. The van der Waals surface area contributed by atoms with Crippen LogP contribution in [0.25, 0.3) is 0 Å². The molecule has 0 unspecified atom stereocenters. The second-order valence-electron chi connectivity index (χ2n) is 2.05. The second-order valence-corrected chi connectivity index (χ2v) is 2.05. The second kappa shape index (κ2) is 5.86. The Balaban J connectivity index is 0. The van der Waals surface area contributed by atoms with Gasteiger partial charge in [-0.1, -0.05) is 11.6 Å². The number of hydrogen-bond acceptors (Lipinski definition) is 0. The molecule has 0 saturated carbocycles. The molecule has 0 aliphatic rings. The van der Waals surface area contributed by atoms with Gasteiger partial charge in [0.05, 0.1) is 0 Å². The van der Waals surface area contributed by atoms with Crippen molar-refractivity contribution in [1.29, 1.82) is 0 Å². The Labute approximate surface area is 93.1 Å². The average Bonchev–Trinajstić information content (AvgIpc) is 1.83. The molecule has 0 amide bonds. The van der Waals surface area contributed by atoms with Crippen molar-refractivity contribution in [3.8, 4) is 0 Å². The zero-order chi connectivity index (χ0) is 6.85. The molecule has 0 nitrogen and oxygen atoms in total. The number of hydrogen-bond donors (Lipinski definition) is 0. The summed E-state index contributed by atoms with van der Waals surface area (Å²) in [6.45, 7) is 5.23. The zero-order valence-electron chi connectivity index (χ0n) is 6.40. The number of benzene rings is 1. The van der Waals surface area contributed by atoms with E-state index in [1.165, 1.54) is 0 Å². The molecule has 0 fully saturated rings. The van der Waals surface area contributed by atoms with Crippen LogP contribution in [0.1, 0.15) is 11.1 Å². The molecule has 1 aromatic carbocycles. The molecule has 1 aromatic rings. The molecule has 56 valence electrons. The van der Waals surface area contributed by atoms with Crippen molar-refractivity contribution in [2.24, 2.45) is 0 Å². The van der Waals surface area contributed by atoms with Gasteiger partial charge >= 0.3 is 23.1 Å². The third-order valence-corrected chi connectivity index (χ3v) is 1.27. The van der Waals surface area contributed by atoms with Gasteiger partial charge in [-0.05, 0) is 6.92 Å². The predicted octanol–water partition coefficient (Wildman–Crippen LogP) is -1.06. The van der Waals surface area contributed by atoms with Crippen LogP contribution in [0.5, 0.6) is 0 Å². The van der Waals surface area contributed by atoms with Crippen LogP contribution in [0.3, 0.4) is 0 Å². The maximum atomic E-state index is 12.7. The van der Waals surface area contributed by atoms with E-state index in [2.05, 4.69) is 6.92 Å². The van der Waals surface area contributed by atoms with E-state index in [-0.39, 0.29) is 45.9 Å². The van der Waals surface area contributed by atoms with E-state index in [1.807, 2.05) is 0 Å². The Morgan fingerprint density at radius 2 is 1.91 bits per heavy atom. The monoisotopic (exact) mass is 226 g/mol. The maximum Gasteiger partial charge on any atom is 2.00 e. The van der Waals surface area contributed by atoms with Crippen LogP contribution in [0.4, 0.5) is 4.39 Å². The summed E-state index contributed by atoms with van der Waals surface area (Å²) in [6, 6.07) is 5.17. The largest absolute Gasteiger partial charge is 2.00 e. The van der Waals surface area contributed by atoms with E-state index in [0.29, 0.717) is 11.1 Å². The summed E-state index contributed by atoms with van der Waals surface area (Å²) in [5.41, 5.74) is 1.12. The standard InChI is InChI=1S/C8H8F.BrH.Mg/c1-6-4-3-5-7(2)8(6)9;;/h3-5H,1H2,2H3;1H;/q-1;;+2/p-1. The molecule has 0 aliphatic carbocycles. The van der Waals surface area contributed by atoms with Crippen LogP contribution >= 0.6 is 0 Å². The van der Waals surface area contributed by atoms with Gasteiger partial charge in [0.2, 0.25) is 0 Å². The first-order valence-electron chi connectivity index (χ1n) is 2.79. The molecular weight excluding hydrogens is 219 g/mol. The van der Waals surface area contributed by atoms with Gasteiger partial charge in [-0.2, -0.15) is 18.6 Å². The summed E-state index contributed by atoms with van der Waals surface area (Å²) in [7, 11) is 0. The topological polar surface area (TPSA) is 0 Å². The van der Waals surface area contributed by atoms with E-state index >= 15 is 0 Å². The summed E-state index contributed by atoms with van der Waals surface area (Å²) >= 11 is 0. The summed E-state index contributed by atoms with van der Waals surface area (Å²) in [4.78, 5) is 0. The minimum absolute atomic E-state index is 0. The molecule has 0 atom stereocenters. The molecule has 0 bridgehead atoms. The van der Waals surface area contributed by atoms with Crippen LogP contribution in [-0.4, -0.2) is 23.1 Å². The first-order chi connectivity index (χ1) is 4.22. The van der Waals surface area contributed by atoms with Crippen molar-refractivity contribution >= 4 is 23.1 Å². The van der Waals surface area contributed by atoms with Crippen LogP contribution in [0.2, 0.25) is 0 Å². The van der Waals surface area contributed by atoms with Gasteiger partial charge in [-0.15, -0.1) is 6.07 Å². The third-order valence-electron chi connectivity index (χ3n) is 1.27. The Morgan fingerprint density at radius 1 is 1.36 bits per heavy atom. The van der Waals surface area contributed by atoms with Gasteiger partial charge in [0.15, 0.2) is 0 Å². The van der Waals surface area contributed by atoms with Crippen LogP contribution in [0, 0.1) is 19.7 Å². The van der Waals surface area contributed by atoms with E-state index in [0.717, 1.165) is 0 Å². The molecule has 0 radical (unpaired) electrons. The molecular formula is C8H8BrFMg. The number of aryl methyl sites for hydroxylation is 1. The molecule has 0 N–H and O–H groups in total. The fraction of sp³-hybridized carbons (Fsp3) is 0.125. The van der Waals surface area contributed by atoms with Crippen molar-refractivity contribution in [1.82, 2.24) is 0 Å². The van der Waals surface area contributed by atoms with Crippen molar-refractivity contribution in [2.45, 2.75) is 6.92 Å². The van der Waals surface area contributed by atoms with E-state index in [1.54, 1.807) is 25.1 Å². The van der Waals surface area contributed by atoms with Gasteiger partial charge in [0.1, 0.15) is 0 Å². The van der Waals surface area contributed by atoms with E-state index < -0.39 is 0 Å². The molecule has 0 spiro atoms. The quantitative estimate of drug-likeness (QED) is 0.391. The number of rotatable bonds is 0. The van der Waals surface area contributed by atoms with Crippen molar-refractivity contribution in [3.05, 3.63) is 42.1 Å². The fourth-order valence-corrected chi connectivity index (χ4v) is 0.708. The minimum atomic E-state index is -0.197. The van der Waals surface area contributed by atoms with Gasteiger partial charge in [0, 0.05) is 5.82 Å². The molecule has 0 aromatic heterocycles. The molecule has 1 rings (SSSR count). The van der Waals surface area contributed by atoms with Crippen molar-refractivity contribution in [2.75, 3.05) is 0 Å². The van der Waals surface area contributed by atoms with Crippen molar-refractivity contribution < 1.29 is 21.4 Å². The van der Waals surface area contributed by atoms with Crippen molar-refractivity contribution in [3.63, 3.8) is 0 Å². The summed E-state index contributed by atoms with van der Waals surface area (Å²) < 4.78 is 12.7. The smallest absolute Gasteiger partial charge is 1.00 e. The fourth-order valence-electron chi connectivity index (χ4n) is 0.708. The number of halogens is 2. The molecule has 0 saturated heterocycles. The maximum absolute atomic E-state index is 12.7. The molecule has 0 aliphatic heterocycles. The summed E-state index contributed by atoms with van der Waals surface area (Å²) in [5, 5.41) is 0.